The third-order valence-electron chi connectivity index (χ3n) is 3.82. The van der Waals surface area contributed by atoms with Crippen molar-refractivity contribution in [1.29, 1.82) is 0 Å². The molecule has 5 nitrogen and oxygen atoms in total. The Balaban J connectivity index is 1.44. The van der Waals surface area contributed by atoms with Crippen molar-refractivity contribution in [2.24, 2.45) is 4.99 Å². The van der Waals surface area contributed by atoms with Crippen LogP contribution in [0.15, 0.2) is 47.5 Å². The van der Waals surface area contributed by atoms with Gasteiger partial charge in [0.2, 0.25) is 6.79 Å². The van der Waals surface area contributed by atoms with Crippen molar-refractivity contribution in [3.05, 3.63) is 53.6 Å². The lowest BCUT2D eigenvalue weighted by atomic mass is 10.1. The second-order valence-electron chi connectivity index (χ2n) is 5.30. The first-order valence-corrected chi connectivity index (χ1v) is 7.40. The molecule has 2 aromatic carbocycles. The maximum absolute atomic E-state index is 5.40. The van der Waals surface area contributed by atoms with E-state index in [0.29, 0.717) is 13.3 Å². The fourth-order valence-electron chi connectivity index (χ4n) is 2.65. The molecule has 2 aliphatic heterocycles. The maximum atomic E-state index is 5.40. The molecule has 0 fully saturated rings. The van der Waals surface area contributed by atoms with E-state index >= 15 is 0 Å². The van der Waals surface area contributed by atoms with Gasteiger partial charge in [0.15, 0.2) is 17.5 Å². The average molecular weight is 295 g/mol. The summed E-state index contributed by atoms with van der Waals surface area (Å²) >= 11 is 0. The molecule has 0 aliphatic carbocycles. The van der Waals surface area contributed by atoms with Gasteiger partial charge in [-0.15, -0.1) is 0 Å². The van der Waals surface area contributed by atoms with Crippen LogP contribution in [0.5, 0.6) is 11.5 Å². The minimum atomic E-state index is 0.303. The molecule has 0 spiro atoms. The summed E-state index contributed by atoms with van der Waals surface area (Å²) in [5, 5.41) is 6.72. The summed E-state index contributed by atoms with van der Waals surface area (Å²) in [6.45, 7) is 1.77. The van der Waals surface area contributed by atoms with Gasteiger partial charge in [-0.2, -0.15) is 0 Å². The van der Waals surface area contributed by atoms with E-state index in [4.69, 9.17) is 9.47 Å². The third kappa shape index (κ3) is 2.57. The standard InChI is InChI=1S/C17H17N3O2/c1-2-4-14-13(3-1)7-8-18-17(20-14)19-10-12-5-6-15-16(9-12)22-11-21-15/h1-6,9H,7-8,10-11H2,(H2,18,19,20). The number of aliphatic imine (C=N–C) groups is 1. The Morgan fingerprint density at radius 3 is 3.00 bits per heavy atom. The lowest BCUT2D eigenvalue weighted by Crippen LogP contribution is -2.30. The minimum absolute atomic E-state index is 0.303. The van der Waals surface area contributed by atoms with E-state index in [9.17, 15) is 0 Å². The monoisotopic (exact) mass is 295 g/mol. The average Bonchev–Trinajstić information content (AvgIpc) is 2.91. The zero-order valence-electron chi connectivity index (χ0n) is 12.1. The molecule has 0 saturated heterocycles. The van der Waals surface area contributed by atoms with Gasteiger partial charge in [-0.05, 0) is 35.7 Å². The highest BCUT2D eigenvalue weighted by Crippen LogP contribution is 2.32. The van der Waals surface area contributed by atoms with Gasteiger partial charge < -0.3 is 20.1 Å². The predicted octanol–water partition coefficient (Wildman–Crippen LogP) is 2.53. The summed E-state index contributed by atoms with van der Waals surface area (Å²) in [6, 6.07) is 14.3. The molecule has 0 unspecified atom stereocenters. The fraction of sp³-hybridized carbons (Fsp3) is 0.235. The van der Waals surface area contributed by atoms with Crippen LogP contribution in [0.25, 0.3) is 0 Å². The molecule has 0 aromatic heterocycles. The largest absolute Gasteiger partial charge is 0.454 e. The molecule has 0 saturated carbocycles. The van der Waals surface area contributed by atoms with Crippen molar-refractivity contribution in [3.8, 4) is 11.5 Å². The zero-order valence-corrected chi connectivity index (χ0v) is 12.1. The Bertz CT molecular complexity index is 728. The van der Waals surface area contributed by atoms with Crippen LogP contribution in [0.1, 0.15) is 11.1 Å². The number of anilines is 1. The molecule has 4 rings (SSSR count). The SMILES string of the molecule is c1ccc2c(c1)CCN=C(NCc1ccc3c(c1)OCO3)N2. The molecule has 0 bridgehead atoms. The highest BCUT2D eigenvalue weighted by molar-refractivity contribution is 5.94. The summed E-state index contributed by atoms with van der Waals surface area (Å²) in [5.74, 6) is 2.42. The molecular formula is C17H17N3O2. The number of nitrogens with zero attached hydrogens (tertiary/aromatic N) is 1. The molecule has 22 heavy (non-hydrogen) atoms. The Labute approximate surface area is 129 Å². The van der Waals surface area contributed by atoms with Crippen LogP contribution in [0.2, 0.25) is 0 Å². The first-order valence-electron chi connectivity index (χ1n) is 7.40. The van der Waals surface area contributed by atoms with Crippen LogP contribution in [0, 0.1) is 0 Å². The number of fused-ring (bicyclic) bond motifs is 2. The van der Waals surface area contributed by atoms with Gasteiger partial charge in [0.05, 0.1) is 0 Å². The molecule has 112 valence electrons. The number of ether oxygens (including phenoxy) is 2. The van der Waals surface area contributed by atoms with Crippen molar-refractivity contribution >= 4 is 11.6 Å². The first kappa shape index (κ1) is 13.0. The van der Waals surface area contributed by atoms with Crippen LogP contribution in [0.3, 0.4) is 0 Å². The van der Waals surface area contributed by atoms with Crippen LogP contribution in [-0.2, 0) is 13.0 Å². The third-order valence-corrected chi connectivity index (χ3v) is 3.82. The fourth-order valence-corrected chi connectivity index (χ4v) is 2.65. The van der Waals surface area contributed by atoms with E-state index in [1.165, 1.54) is 5.56 Å². The molecule has 2 aliphatic rings. The molecule has 2 aromatic rings. The Morgan fingerprint density at radius 1 is 1.09 bits per heavy atom. The Morgan fingerprint density at radius 2 is 2.00 bits per heavy atom. The molecular weight excluding hydrogens is 278 g/mol. The van der Waals surface area contributed by atoms with E-state index in [0.717, 1.165) is 41.7 Å². The van der Waals surface area contributed by atoms with Crippen LogP contribution < -0.4 is 20.1 Å². The Kier molecular flexibility index (Phi) is 3.31. The highest BCUT2D eigenvalue weighted by Gasteiger charge is 2.14. The van der Waals surface area contributed by atoms with Gasteiger partial charge in [0, 0.05) is 18.8 Å². The zero-order chi connectivity index (χ0) is 14.8. The lowest BCUT2D eigenvalue weighted by molar-refractivity contribution is 0.174. The summed E-state index contributed by atoms with van der Waals surface area (Å²) in [7, 11) is 0. The Hall–Kier alpha value is -2.69. The molecule has 0 atom stereocenters. The summed E-state index contributed by atoms with van der Waals surface area (Å²) < 4.78 is 10.7. The van der Waals surface area contributed by atoms with Crippen molar-refractivity contribution in [1.82, 2.24) is 5.32 Å². The van der Waals surface area contributed by atoms with E-state index in [-0.39, 0.29) is 0 Å². The molecule has 5 heteroatoms. The van der Waals surface area contributed by atoms with Gasteiger partial charge in [-0.1, -0.05) is 24.3 Å². The number of nitrogens with one attached hydrogen (secondary N) is 2. The van der Waals surface area contributed by atoms with E-state index in [1.807, 2.05) is 24.3 Å². The smallest absolute Gasteiger partial charge is 0.231 e. The van der Waals surface area contributed by atoms with Gasteiger partial charge in [-0.25, -0.2) is 0 Å². The lowest BCUT2D eigenvalue weighted by Gasteiger charge is -2.12. The van der Waals surface area contributed by atoms with E-state index in [1.54, 1.807) is 0 Å². The van der Waals surface area contributed by atoms with E-state index < -0.39 is 0 Å². The van der Waals surface area contributed by atoms with Crippen molar-refractivity contribution in [2.75, 3.05) is 18.7 Å². The summed E-state index contributed by atoms with van der Waals surface area (Å²) in [4.78, 5) is 4.56. The molecule has 2 heterocycles. The van der Waals surface area contributed by atoms with Gasteiger partial charge in [0.25, 0.3) is 0 Å². The second kappa shape index (κ2) is 5.60. The molecule has 2 N–H and O–H groups in total. The van der Waals surface area contributed by atoms with Crippen LogP contribution in [0.4, 0.5) is 5.69 Å². The van der Waals surface area contributed by atoms with Crippen LogP contribution in [-0.4, -0.2) is 19.3 Å². The van der Waals surface area contributed by atoms with Gasteiger partial charge in [-0.3, -0.25) is 4.99 Å². The first-order chi connectivity index (χ1) is 10.9. The number of para-hydroxylation sites is 1. The highest BCUT2D eigenvalue weighted by atomic mass is 16.7. The minimum Gasteiger partial charge on any atom is -0.454 e. The summed E-state index contributed by atoms with van der Waals surface area (Å²) in [5.41, 5.74) is 3.55. The number of hydrogen-bond donors (Lipinski definition) is 2. The number of benzene rings is 2. The van der Waals surface area contributed by atoms with Crippen molar-refractivity contribution < 1.29 is 9.47 Å². The molecule has 0 amide bonds. The topological polar surface area (TPSA) is 54.9 Å². The predicted molar refractivity (Wildman–Crippen MR) is 85.5 cm³/mol. The normalized spacial score (nSPS) is 15.4. The second-order valence-corrected chi connectivity index (χ2v) is 5.30. The van der Waals surface area contributed by atoms with Gasteiger partial charge in [0.1, 0.15) is 0 Å². The summed E-state index contributed by atoms with van der Waals surface area (Å²) in [6.07, 6.45) is 0.957. The number of rotatable bonds is 2. The van der Waals surface area contributed by atoms with E-state index in [2.05, 4.69) is 33.8 Å². The van der Waals surface area contributed by atoms with Gasteiger partial charge >= 0.3 is 0 Å². The maximum Gasteiger partial charge on any atom is 0.231 e. The number of hydrogen-bond acceptors (Lipinski definition) is 5. The quantitative estimate of drug-likeness (QED) is 0.894. The van der Waals surface area contributed by atoms with Crippen molar-refractivity contribution in [3.63, 3.8) is 0 Å². The molecule has 0 radical (unpaired) electrons. The number of guanidine groups is 1. The van der Waals surface area contributed by atoms with Crippen LogP contribution >= 0.6 is 0 Å². The van der Waals surface area contributed by atoms with Crippen molar-refractivity contribution in [2.45, 2.75) is 13.0 Å².